The number of para-hydroxylation sites is 1. The number of aromatic nitrogens is 4. The van der Waals surface area contributed by atoms with Gasteiger partial charge in [0.15, 0.2) is 0 Å². The van der Waals surface area contributed by atoms with E-state index < -0.39 is 0 Å². The molecule has 0 amide bonds. The third-order valence-electron chi connectivity index (χ3n) is 19.0. The van der Waals surface area contributed by atoms with Crippen LogP contribution >= 0.6 is 0 Å². The number of hydrogen-bond acceptors (Lipinski definition) is 4. The first-order chi connectivity index (χ1) is 58.6. The summed E-state index contributed by atoms with van der Waals surface area (Å²) in [5.74, 6) is 1.11. The molecule has 0 aliphatic carbocycles. The van der Waals surface area contributed by atoms with Gasteiger partial charge in [0.1, 0.15) is 0 Å². The summed E-state index contributed by atoms with van der Waals surface area (Å²) in [6.07, 6.45) is 1.85. The molecule has 0 saturated carbocycles. The molecule has 0 aliphatic rings. The van der Waals surface area contributed by atoms with Gasteiger partial charge in [0.25, 0.3) is 0 Å². The molecule has 0 unspecified atom stereocenters. The van der Waals surface area contributed by atoms with Crippen LogP contribution in [-0.2, 0) is 84.3 Å². The first-order valence-electron chi connectivity index (χ1n) is 39.8. The molecule has 8 heteroatoms. The third kappa shape index (κ3) is 28.8. The van der Waals surface area contributed by atoms with E-state index in [0.29, 0.717) is 11.8 Å². The Morgan fingerprint density at radius 1 is 0.220 bits per heavy atom. The van der Waals surface area contributed by atoms with Gasteiger partial charge in [0.05, 0.1) is 16.6 Å². The van der Waals surface area contributed by atoms with E-state index >= 15 is 0 Å². The van der Waals surface area contributed by atoms with Crippen molar-refractivity contribution < 1.29 is 84.3 Å². The van der Waals surface area contributed by atoms with Crippen molar-refractivity contribution in [1.29, 1.82) is 0 Å². The molecule has 20 aromatic rings. The van der Waals surface area contributed by atoms with Gasteiger partial charge in [-0.15, -0.1) is 192 Å². The van der Waals surface area contributed by atoms with Crippen molar-refractivity contribution in [2.75, 3.05) is 0 Å². The zero-order valence-corrected chi connectivity index (χ0v) is 77.6. The molecule has 4 heterocycles. The van der Waals surface area contributed by atoms with Crippen LogP contribution < -0.4 is 0 Å². The summed E-state index contributed by atoms with van der Waals surface area (Å²) in [7, 11) is 0. The van der Waals surface area contributed by atoms with E-state index in [2.05, 4.69) is 225 Å². The maximum Gasteiger partial charge on any atom is 0.0595 e. The van der Waals surface area contributed by atoms with Gasteiger partial charge in [-0.05, 0) is 105 Å². The topological polar surface area (TPSA) is 51.6 Å². The predicted molar refractivity (Wildman–Crippen MR) is 495 cm³/mol. The summed E-state index contributed by atoms with van der Waals surface area (Å²) < 4.78 is 0. The Labute approximate surface area is 784 Å². The fraction of sp³-hybridized carbons (Fsp3) is 0.0609. The monoisotopic (exact) mass is 2300 g/mol. The second kappa shape index (κ2) is 51.0. The average Bonchev–Trinajstić information content (AvgIpc) is 0.743. The van der Waals surface area contributed by atoms with Crippen LogP contribution in [0, 0.1) is 79.7 Å². The van der Waals surface area contributed by atoms with Crippen LogP contribution in [0.4, 0.5) is 0 Å². The minimum absolute atomic E-state index is 0. The van der Waals surface area contributed by atoms with Crippen molar-refractivity contribution >= 4 is 43.5 Å². The van der Waals surface area contributed by atoms with Gasteiger partial charge < -0.3 is 4.98 Å². The minimum atomic E-state index is 0. The Bertz CT molecular complexity index is 6070. The van der Waals surface area contributed by atoms with Crippen molar-refractivity contribution in [1.82, 2.24) is 19.9 Å². The molecular formula is C115H86N4Pt4-12. The Balaban J connectivity index is 0.000000159. The van der Waals surface area contributed by atoms with Gasteiger partial charge in [-0.1, -0.05) is 130 Å². The van der Waals surface area contributed by atoms with E-state index in [-0.39, 0.29) is 84.3 Å². The first-order valence-corrected chi connectivity index (χ1v) is 39.8. The number of nitrogens with zero attached hydrogens (tertiary/aromatic N) is 4. The van der Waals surface area contributed by atoms with Crippen molar-refractivity contribution in [2.24, 2.45) is 0 Å². The maximum absolute atomic E-state index is 4.71. The number of aryl methyl sites for hydroxylation is 1. The van der Waals surface area contributed by atoms with Gasteiger partial charge in [0, 0.05) is 90.5 Å². The van der Waals surface area contributed by atoms with Crippen molar-refractivity contribution in [3.05, 3.63) is 508 Å². The Morgan fingerprint density at radius 2 is 0.512 bits per heavy atom. The van der Waals surface area contributed by atoms with E-state index in [4.69, 9.17) is 4.98 Å². The zero-order valence-electron chi connectivity index (χ0n) is 68.5. The van der Waals surface area contributed by atoms with Crippen LogP contribution in [0.1, 0.15) is 56.2 Å². The average molecular weight is 2300 g/mol. The van der Waals surface area contributed by atoms with Crippen LogP contribution in [0.2, 0.25) is 0 Å². The van der Waals surface area contributed by atoms with Crippen LogP contribution in [0.5, 0.6) is 0 Å². The first kappa shape index (κ1) is 94.8. The second-order valence-corrected chi connectivity index (χ2v) is 28.2. The largest absolute Gasteiger partial charge is 0.304 e. The smallest absolute Gasteiger partial charge is 0.0595 e. The molecule has 0 N–H and O–H groups in total. The summed E-state index contributed by atoms with van der Waals surface area (Å²) >= 11 is 0. The second-order valence-electron chi connectivity index (χ2n) is 28.2. The molecule has 0 spiro atoms. The molecule has 0 fully saturated rings. The Morgan fingerprint density at radius 3 is 0.862 bits per heavy atom. The Hall–Kier alpha value is -12.1. The molecule has 16 aromatic carbocycles. The molecule has 4 aromatic heterocycles. The Kier molecular flexibility index (Phi) is 39.3. The van der Waals surface area contributed by atoms with Crippen molar-refractivity contribution in [3.8, 4) is 89.5 Å². The number of hydrogen-bond donors (Lipinski definition) is 0. The molecule has 20 rings (SSSR count). The summed E-state index contributed by atoms with van der Waals surface area (Å²) in [5, 5.41) is 5.94. The number of fused-ring (bicyclic) bond motifs is 4. The van der Waals surface area contributed by atoms with E-state index in [1.807, 2.05) is 316 Å². The van der Waals surface area contributed by atoms with E-state index in [1.165, 1.54) is 43.6 Å². The van der Waals surface area contributed by atoms with Gasteiger partial charge in [-0.25, -0.2) is 44.5 Å². The van der Waals surface area contributed by atoms with Gasteiger partial charge >= 0.3 is 0 Å². The molecule has 0 radical (unpaired) electrons. The number of benzene rings is 16. The molecule has 0 saturated heterocycles. The normalized spacial score (nSPS) is 10.0. The molecule has 618 valence electrons. The van der Waals surface area contributed by atoms with Gasteiger partial charge in [-0.3, -0.25) is 15.0 Å². The van der Waals surface area contributed by atoms with Gasteiger partial charge in [0.2, 0.25) is 0 Å². The number of pyridine rings is 4. The molecule has 0 atom stereocenters. The SMILES string of the molecule is CC(C)c1c[c-]c(-c2[c-]cccc2)cc1.CC(C)c1ccc2nc(-c3[c-]cccc3)ccc2c1.Cc1ccc2nc(-c3[c-]cccc3)ccc2c1.[Pt].[Pt].[Pt].[Pt].[c-]1ccccc1-c1[c-]cccc1.[c-]1ccccc1-c1[c-]cccc1.[c-]1ccccc1-c1[c-]cccc1.[c-]1ccccc1-c1ccc2ccccc2n1.[c-]1ccccc1-c1nccc2ccccc12. The molecule has 123 heavy (non-hydrogen) atoms. The maximum atomic E-state index is 4.71. The zero-order chi connectivity index (χ0) is 81.8. The third-order valence-corrected chi connectivity index (χ3v) is 19.0. The summed E-state index contributed by atoms with van der Waals surface area (Å²) in [6.45, 7) is 10.9. The quantitative estimate of drug-likeness (QED) is 0.128. The van der Waals surface area contributed by atoms with Crippen molar-refractivity contribution in [2.45, 2.75) is 46.5 Å². The number of rotatable bonds is 10. The molecule has 4 nitrogen and oxygen atoms in total. The summed E-state index contributed by atoms with van der Waals surface area (Å²) in [4.78, 5) is 18.4. The van der Waals surface area contributed by atoms with Crippen molar-refractivity contribution in [3.63, 3.8) is 0 Å². The fourth-order valence-corrected chi connectivity index (χ4v) is 12.7. The van der Waals surface area contributed by atoms with Crippen LogP contribution in [-0.4, -0.2) is 19.9 Å². The van der Waals surface area contributed by atoms with E-state index in [9.17, 15) is 0 Å². The van der Waals surface area contributed by atoms with Crippen LogP contribution in [0.25, 0.3) is 133 Å². The van der Waals surface area contributed by atoms with Gasteiger partial charge in [-0.2, -0.15) is 194 Å². The van der Waals surface area contributed by atoms with Crippen LogP contribution in [0.15, 0.2) is 419 Å². The summed E-state index contributed by atoms with van der Waals surface area (Å²) in [5.41, 5.74) is 23.9. The molecular weight excluding hydrogens is 2220 g/mol. The summed E-state index contributed by atoms with van der Waals surface area (Å²) in [6, 6.07) is 176. The minimum Gasteiger partial charge on any atom is -0.304 e. The predicted octanol–water partition coefficient (Wildman–Crippen LogP) is 29.2. The fourth-order valence-electron chi connectivity index (χ4n) is 12.7. The standard InChI is InChI=1S/C18H16N.C16H12N.2C15H10N.C15H14.3C12H8.4Pt/c1-13(2)15-8-10-18-16(12-15)9-11-17(19-18)14-6-4-3-5-7-14;1-12-7-9-16-14(11-12)8-10-15(17-16)13-5-3-2-4-6-13;1-2-7-13(8-3-1)15-14-9-5-4-6-12(14)10-11-16-15;1-2-6-12(7-3-1)15-11-10-13-8-4-5-9-14(13)16-15;1-12(2)13-8-10-15(11-9-13)14-6-4-3-5-7-14;3*1-3-7-11(8-4-1)12-9-5-2-6-10-12;;;;/h3-6,8-13H,1-2H3;2-5,7-11H,1H3;1-7,9-11H;1-6,8-11H;3-6,8-10,12H,1-2H3;3*1-7,9H;;;;/q4*-1;4*-2;;;;. The van der Waals surface area contributed by atoms with E-state index in [0.717, 1.165) is 106 Å². The molecule has 0 bridgehead atoms. The van der Waals surface area contributed by atoms with E-state index in [1.54, 1.807) is 0 Å². The molecule has 0 aliphatic heterocycles. The van der Waals surface area contributed by atoms with Crippen LogP contribution in [0.3, 0.4) is 0 Å².